The maximum absolute atomic E-state index is 13.7. The molecule has 0 radical (unpaired) electrons. The van der Waals surface area contributed by atoms with Gasteiger partial charge in [-0.1, -0.05) is 51.9 Å². The predicted molar refractivity (Wildman–Crippen MR) is 138 cm³/mol. The molecule has 1 saturated carbocycles. The Morgan fingerprint density at radius 1 is 1.11 bits per heavy atom. The van der Waals surface area contributed by atoms with Gasteiger partial charge in [0.05, 0.1) is 19.3 Å². The SMILES string of the molecule is CCCN1CCC(C#N)(NC(=O)C(CC2CCCCCCC2)N=C(NC(=O)O)N2CCOCC2)CC1. The van der Waals surface area contributed by atoms with Crippen LogP contribution >= 0.6 is 0 Å². The van der Waals surface area contributed by atoms with E-state index in [4.69, 9.17) is 9.73 Å². The Morgan fingerprint density at radius 3 is 2.33 bits per heavy atom. The largest absolute Gasteiger partial charge is 0.465 e. The standard InChI is InChI=1S/C26H44N6O4/c1-2-12-31-13-10-26(20-27,11-14-31)30-23(33)22(19-21-8-6-4-3-5-7-9-21)28-24(29-25(34)35)32-15-17-36-18-16-32/h21-22H,2-19H2,1H3,(H,28,29)(H,30,33)(H,34,35). The van der Waals surface area contributed by atoms with E-state index in [0.29, 0.717) is 51.5 Å². The zero-order chi connectivity index (χ0) is 25.8. The van der Waals surface area contributed by atoms with E-state index in [9.17, 15) is 20.0 Å². The first kappa shape index (κ1) is 28.2. The van der Waals surface area contributed by atoms with Gasteiger partial charge < -0.3 is 25.0 Å². The highest BCUT2D eigenvalue weighted by Crippen LogP contribution is 2.28. The summed E-state index contributed by atoms with van der Waals surface area (Å²) in [5.41, 5.74) is -0.907. The van der Waals surface area contributed by atoms with Crippen LogP contribution in [0, 0.1) is 17.2 Å². The number of hydrogen-bond acceptors (Lipinski definition) is 6. The summed E-state index contributed by atoms with van der Waals surface area (Å²) < 4.78 is 5.42. The molecule has 0 aromatic carbocycles. The molecule has 2 heterocycles. The van der Waals surface area contributed by atoms with Crippen molar-refractivity contribution in [1.29, 1.82) is 5.26 Å². The van der Waals surface area contributed by atoms with E-state index in [-0.39, 0.29) is 11.9 Å². The number of carbonyl (C=O) groups excluding carboxylic acids is 1. The third-order valence-electron chi connectivity index (χ3n) is 7.72. The average molecular weight is 505 g/mol. The third kappa shape index (κ3) is 8.63. The second-order valence-electron chi connectivity index (χ2n) is 10.5. The minimum atomic E-state index is -1.21. The summed E-state index contributed by atoms with van der Waals surface area (Å²) in [5.74, 6) is 0.270. The van der Waals surface area contributed by atoms with Crippen molar-refractivity contribution < 1.29 is 19.4 Å². The molecule has 1 atom stereocenters. The number of rotatable bonds is 7. The van der Waals surface area contributed by atoms with E-state index in [1.165, 1.54) is 19.3 Å². The van der Waals surface area contributed by atoms with Gasteiger partial charge >= 0.3 is 6.09 Å². The van der Waals surface area contributed by atoms with Crippen LogP contribution in [0.15, 0.2) is 4.99 Å². The van der Waals surface area contributed by atoms with E-state index in [1.807, 2.05) is 4.90 Å². The van der Waals surface area contributed by atoms with Crippen LogP contribution in [0.3, 0.4) is 0 Å². The maximum Gasteiger partial charge on any atom is 0.411 e. The fourth-order valence-electron chi connectivity index (χ4n) is 5.58. The van der Waals surface area contributed by atoms with Crippen LogP contribution < -0.4 is 10.6 Å². The zero-order valence-electron chi connectivity index (χ0n) is 21.8. The van der Waals surface area contributed by atoms with Crippen LogP contribution in [0.1, 0.15) is 77.6 Å². The summed E-state index contributed by atoms with van der Waals surface area (Å²) in [7, 11) is 0. The van der Waals surface area contributed by atoms with Crippen molar-refractivity contribution in [3.8, 4) is 6.07 Å². The van der Waals surface area contributed by atoms with Gasteiger partial charge in [0, 0.05) is 26.2 Å². The lowest BCUT2D eigenvalue weighted by Crippen LogP contribution is -2.57. The van der Waals surface area contributed by atoms with Gasteiger partial charge in [-0.05, 0) is 38.1 Å². The van der Waals surface area contributed by atoms with Crippen molar-refractivity contribution >= 4 is 18.0 Å². The minimum absolute atomic E-state index is 0.195. The number of morpholine rings is 1. The van der Waals surface area contributed by atoms with Gasteiger partial charge in [0.15, 0.2) is 0 Å². The molecule has 3 fully saturated rings. The fourth-order valence-corrected chi connectivity index (χ4v) is 5.58. The van der Waals surface area contributed by atoms with Crippen molar-refractivity contribution in [2.75, 3.05) is 45.9 Å². The molecule has 10 nitrogen and oxygen atoms in total. The molecule has 3 N–H and O–H groups in total. The minimum Gasteiger partial charge on any atom is -0.465 e. The van der Waals surface area contributed by atoms with Gasteiger partial charge in [0.25, 0.3) is 0 Å². The molecular weight excluding hydrogens is 460 g/mol. The summed E-state index contributed by atoms with van der Waals surface area (Å²) in [6.07, 6.45) is 9.64. The summed E-state index contributed by atoms with van der Waals surface area (Å²) in [6, 6.07) is 1.64. The monoisotopic (exact) mass is 504 g/mol. The number of carboxylic acid groups (broad SMARTS) is 1. The highest BCUT2D eigenvalue weighted by Gasteiger charge is 2.38. The molecule has 1 unspecified atom stereocenters. The summed E-state index contributed by atoms with van der Waals surface area (Å²) in [4.78, 5) is 34.2. The van der Waals surface area contributed by atoms with Crippen molar-refractivity contribution in [3.05, 3.63) is 0 Å². The molecule has 0 aromatic heterocycles. The summed E-state index contributed by atoms with van der Waals surface area (Å²) in [6.45, 7) is 6.66. The van der Waals surface area contributed by atoms with Gasteiger partial charge in [-0.25, -0.2) is 9.79 Å². The number of piperidine rings is 1. The highest BCUT2D eigenvalue weighted by molar-refractivity contribution is 5.95. The fraction of sp³-hybridized carbons (Fsp3) is 0.846. The first-order valence-corrected chi connectivity index (χ1v) is 13.8. The second kappa shape index (κ2) is 14.4. The van der Waals surface area contributed by atoms with E-state index < -0.39 is 17.7 Å². The van der Waals surface area contributed by atoms with Crippen LogP contribution in [0.2, 0.25) is 0 Å². The number of nitriles is 1. The Bertz CT molecular complexity index is 776. The van der Waals surface area contributed by atoms with Gasteiger partial charge in [-0.3, -0.25) is 10.1 Å². The number of amides is 2. The third-order valence-corrected chi connectivity index (χ3v) is 7.72. The number of nitrogens with one attached hydrogen (secondary N) is 2. The number of carbonyl (C=O) groups is 2. The first-order valence-electron chi connectivity index (χ1n) is 13.8. The molecule has 202 valence electrons. The lowest BCUT2D eigenvalue weighted by atomic mass is 9.85. The number of ether oxygens (including phenoxy) is 1. The smallest absolute Gasteiger partial charge is 0.411 e. The van der Waals surface area contributed by atoms with Crippen molar-refractivity contribution in [1.82, 2.24) is 20.4 Å². The Kier molecular flexibility index (Phi) is 11.3. The van der Waals surface area contributed by atoms with Gasteiger partial charge in [-0.15, -0.1) is 0 Å². The van der Waals surface area contributed by atoms with Crippen LogP contribution in [-0.2, 0) is 9.53 Å². The van der Waals surface area contributed by atoms with Crippen molar-refractivity contribution in [2.24, 2.45) is 10.9 Å². The van der Waals surface area contributed by atoms with Gasteiger partial charge in [0.2, 0.25) is 11.9 Å². The number of hydrogen-bond donors (Lipinski definition) is 3. The van der Waals surface area contributed by atoms with Crippen molar-refractivity contribution in [3.63, 3.8) is 0 Å². The molecule has 3 aliphatic rings. The molecule has 2 aliphatic heterocycles. The molecule has 36 heavy (non-hydrogen) atoms. The predicted octanol–water partition coefficient (Wildman–Crippen LogP) is 2.95. The van der Waals surface area contributed by atoms with Crippen LogP contribution in [0.5, 0.6) is 0 Å². The Morgan fingerprint density at radius 2 is 1.75 bits per heavy atom. The van der Waals surface area contributed by atoms with E-state index in [2.05, 4.69) is 28.5 Å². The second-order valence-corrected chi connectivity index (χ2v) is 10.5. The highest BCUT2D eigenvalue weighted by atomic mass is 16.5. The van der Waals surface area contributed by atoms with Crippen LogP contribution in [0.25, 0.3) is 0 Å². The van der Waals surface area contributed by atoms with Crippen molar-refractivity contribution in [2.45, 2.75) is 89.1 Å². The molecule has 10 heteroatoms. The molecular formula is C26H44N6O4. The van der Waals surface area contributed by atoms with Crippen LogP contribution in [0.4, 0.5) is 4.79 Å². The average Bonchev–Trinajstić information content (AvgIpc) is 2.86. The van der Waals surface area contributed by atoms with E-state index in [0.717, 1.165) is 51.7 Å². The topological polar surface area (TPSA) is 130 Å². The van der Waals surface area contributed by atoms with Gasteiger partial charge in [0.1, 0.15) is 11.6 Å². The Balaban J connectivity index is 1.81. The van der Waals surface area contributed by atoms with E-state index >= 15 is 0 Å². The summed E-state index contributed by atoms with van der Waals surface area (Å²) >= 11 is 0. The molecule has 2 amide bonds. The molecule has 0 aromatic rings. The van der Waals surface area contributed by atoms with E-state index in [1.54, 1.807) is 0 Å². The molecule has 1 aliphatic carbocycles. The quantitative estimate of drug-likeness (QED) is 0.359. The number of aliphatic imine (C=N–C) groups is 1. The summed E-state index contributed by atoms with van der Waals surface area (Å²) in [5, 5.41) is 25.0. The zero-order valence-corrected chi connectivity index (χ0v) is 21.8. The van der Waals surface area contributed by atoms with Crippen LogP contribution in [-0.4, -0.2) is 90.4 Å². The lowest BCUT2D eigenvalue weighted by molar-refractivity contribution is -0.124. The Labute approximate surface area is 215 Å². The number of likely N-dealkylation sites (tertiary alicyclic amines) is 1. The molecule has 3 rings (SSSR count). The molecule has 2 saturated heterocycles. The lowest BCUT2D eigenvalue weighted by Gasteiger charge is -2.38. The normalized spacial score (nSPS) is 23.1. The molecule has 0 bridgehead atoms. The number of nitrogens with zero attached hydrogens (tertiary/aromatic N) is 4. The Hall–Kier alpha value is -2.38. The number of guanidine groups is 1. The maximum atomic E-state index is 13.7. The first-order chi connectivity index (χ1) is 17.4. The van der Waals surface area contributed by atoms with Gasteiger partial charge in [-0.2, -0.15) is 5.26 Å². The molecule has 0 spiro atoms.